The van der Waals surface area contributed by atoms with Crippen LogP contribution in [0, 0.1) is 34.5 Å². The first-order valence-corrected chi connectivity index (χ1v) is 27.6. The number of halogens is 12. The van der Waals surface area contributed by atoms with E-state index in [-0.39, 0.29) is 136 Å². The van der Waals surface area contributed by atoms with Crippen molar-refractivity contribution in [2.75, 3.05) is 11.1 Å². The number of anilines is 3. The van der Waals surface area contributed by atoms with Crippen molar-refractivity contribution in [3.8, 4) is 11.4 Å². The Labute approximate surface area is 610 Å². The van der Waals surface area contributed by atoms with Crippen LogP contribution in [0.4, 0.5) is 56.6 Å². The minimum atomic E-state index is -5.00. The summed E-state index contributed by atoms with van der Waals surface area (Å²) in [7, 11) is 3.23. The molecule has 8 aromatic carbocycles. The van der Waals surface area contributed by atoms with Gasteiger partial charge in [0.1, 0.15) is 28.5 Å². The van der Waals surface area contributed by atoms with E-state index in [1.807, 2.05) is 36.4 Å². The molecule has 0 spiro atoms. The Bertz CT molecular complexity index is 4350. The fraction of sp³-hybridized carbons (Fsp3) is 0.129. The van der Waals surface area contributed by atoms with Crippen LogP contribution in [0.3, 0.4) is 0 Å². The van der Waals surface area contributed by atoms with Gasteiger partial charge < -0.3 is 66.3 Å². The van der Waals surface area contributed by atoms with Gasteiger partial charge in [0.25, 0.3) is 5.78 Å². The number of nitrogens with one attached hydrogen (secondary N) is 1. The Morgan fingerprint density at radius 3 is 1.54 bits per heavy atom. The number of nitrogens with zero attached hydrogens (tertiary/aromatic N) is 9. The standard InChI is InChI=1S/C23H16F4N4O.C12H7BrFN3.C12H10BrFN2.C11H8F3NO.C4H9.HI.Li.HNO2.2Na/c1-30-13-18(17-4-2-3-5-20(17)30)22(32,23(25,26)27)14-6-11-21-19(12-14)28-29-31(21)16-9-7-15(24)8-10-16;13-8-1-6-12-11(7-8)15-16-17(12)10-4-2-9(14)3-5-10;13-8-1-6-12(11(15)7-8)16-10-4-2-9(14)3-5-10;1-15-6-8(10(16)11(12,13)14)7-4-2-3-5-9(7)15;1-3-4-2;;;2-1-3;;/h2-13,32H,1H3;1-7H;1-7,16H,15H2;2-6H,1H3;1,3-4H2,2H3;1H;;(H,2,3);;/q;;;;-1;;+1;;2*+1/p-2. The summed E-state index contributed by atoms with van der Waals surface area (Å²) < 4.78 is 127. The van der Waals surface area contributed by atoms with E-state index in [9.17, 15) is 49.4 Å². The van der Waals surface area contributed by atoms with Crippen molar-refractivity contribution in [1.82, 2.24) is 39.1 Å². The van der Waals surface area contributed by atoms with Crippen LogP contribution in [0.5, 0.6) is 0 Å². The van der Waals surface area contributed by atoms with Gasteiger partial charge in [-0.25, -0.2) is 22.5 Å². The van der Waals surface area contributed by atoms with E-state index in [0.29, 0.717) is 38.7 Å². The van der Waals surface area contributed by atoms with Crippen molar-refractivity contribution in [2.45, 2.75) is 37.7 Å². The molecule has 464 valence electrons. The van der Waals surface area contributed by atoms with Crippen LogP contribution in [0.1, 0.15) is 41.3 Å². The van der Waals surface area contributed by atoms with Gasteiger partial charge >= 0.3 is 90.3 Å². The third-order valence-electron chi connectivity index (χ3n) is 13.0. The number of hydrogen-bond acceptors (Lipinski definition) is 11. The molecule has 0 radical (unpaired) electrons. The van der Waals surface area contributed by atoms with Crippen LogP contribution in [-0.2, 0) is 19.7 Å². The van der Waals surface area contributed by atoms with Crippen molar-refractivity contribution in [1.29, 1.82) is 0 Å². The van der Waals surface area contributed by atoms with E-state index >= 15 is 0 Å². The molecular formula is C62H50Br2F9ILiN11Na2O4. The minimum absolute atomic E-state index is 0. The number of Topliss-reactive ketones (excluding diaryl/α,β-unsaturated/α-hetero) is 1. The molecule has 0 aliphatic carbocycles. The van der Waals surface area contributed by atoms with E-state index in [4.69, 9.17) is 15.8 Å². The number of para-hydroxylation sites is 2. The summed E-state index contributed by atoms with van der Waals surface area (Å²) in [6.45, 7) is 5.72. The zero-order valence-electron chi connectivity index (χ0n) is 49.8. The van der Waals surface area contributed by atoms with Crippen LogP contribution in [0.25, 0.3) is 55.2 Å². The predicted molar refractivity (Wildman–Crippen MR) is 328 cm³/mol. The molecule has 1 atom stereocenters. The first-order valence-electron chi connectivity index (χ1n) is 26.0. The quantitative estimate of drug-likeness (QED) is 0.0275. The molecule has 0 bridgehead atoms. The Balaban J connectivity index is 0.000000319. The van der Waals surface area contributed by atoms with Gasteiger partial charge in [-0.3, -0.25) is 4.79 Å². The zero-order chi connectivity index (χ0) is 64.1. The molecule has 4 heterocycles. The van der Waals surface area contributed by atoms with Crippen molar-refractivity contribution < 1.29 is 151 Å². The number of nitrogens with two attached hydrogens (primary N) is 1. The van der Waals surface area contributed by atoms with Crippen LogP contribution in [0.15, 0.2) is 203 Å². The first kappa shape index (κ1) is 80.2. The van der Waals surface area contributed by atoms with Gasteiger partial charge in [-0.2, -0.15) is 32.8 Å². The summed E-state index contributed by atoms with van der Waals surface area (Å²) in [6, 6.07) is 45.9. The average molecular weight is 1520 g/mol. The molecule has 0 amide bonds. The van der Waals surface area contributed by atoms with Gasteiger partial charge in [0.15, 0.2) is 0 Å². The van der Waals surface area contributed by atoms with Gasteiger partial charge in [0, 0.05) is 68.5 Å². The number of aryl methyl sites for hydroxylation is 2. The molecule has 1 unspecified atom stereocenters. The van der Waals surface area contributed by atoms with Crippen molar-refractivity contribution in [3.63, 3.8) is 0 Å². The molecule has 0 saturated carbocycles. The van der Waals surface area contributed by atoms with E-state index in [2.05, 4.69) is 71.6 Å². The molecule has 92 heavy (non-hydrogen) atoms. The summed E-state index contributed by atoms with van der Waals surface area (Å²) in [5.41, 5.74) is 8.59. The van der Waals surface area contributed by atoms with E-state index < -0.39 is 29.6 Å². The second-order valence-electron chi connectivity index (χ2n) is 19.0. The number of unbranched alkanes of at least 4 members (excludes halogenated alkanes) is 1. The number of ketones is 1. The Morgan fingerprint density at radius 2 is 1.07 bits per heavy atom. The topological polar surface area (TPSA) is 199 Å². The largest absolute Gasteiger partial charge is 1.00 e. The van der Waals surface area contributed by atoms with Crippen molar-refractivity contribution >= 4 is 98.6 Å². The number of rotatable bonds is 8. The van der Waals surface area contributed by atoms with E-state index in [1.165, 1.54) is 101 Å². The van der Waals surface area contributed by atoms with Crippen LogP contribution >= 0.6 is 31.9 Å². The van der Waals surface area contributed by atoms with E-state index in [0.717, 1.165) is 48.8 Å². The number of carbonyl (C=O) groups excluding carboxylic acids is 1. The third-order valence-corrected chi connectivity index (χ3v) is 14.0. The summed E-state index contributed by atoms with van der Waals surface area (Å²) in [6.07, 6.45) is -5.06. The van der Waals surface area contributed by atoms with Gasteiger partial charge in [0.05, 0.1) is 39.3 Å². The van der Waals surface area contributed by atoms with Gasteiger partial charge in [-0.15, -0.1) is 15.5 Å². The second kappa shape index (κ2) is 36.0. The molecule has 0 saturated heterocycles. The third kappa shape index (κ3) is 19.8. The summed E-state index contributed by atoms with van der Waals surface area (Å²) in [5.74, 6) is -2.75. The second-order valence-corrected chi connectivity index (χ2v) is 20.8. The van der Waals surface area contributed by atoms with Gasteiger partial charge in [0.2, 0.25) is 5.60 Å². The average Bonchev–Trinajstić information content (AvgIpc) is 1.13. The molecule has 0 fully saturated rings. The smallest absolute Gasteiger partial charge is 1.00 e. The summed E-state index contributed by atoms with van der Waals surface area (Å²) in [5, 5.41) is 40.0. The van der Waals surface area contributed by atoms with Crippen LogP contribution < -0.4 is 113 Å². The van der Waals surface area contributed by atoms with Gasteiger partial charge in [-0.1, -0.05) is 98.1 Å². The molecule has 30 heteroatoms. The fourth-order valence-electron chi connectivity index (χ4n) is 8.71. The number of hydrogen-bond donors (Lipinski definition) is 3. The summed E-state index contributed by atoms with van der Waals surface area (Å²) >= 11 is 6.71. The molecule has 12 rings (SSSR count). The zero-order valence-corrected chi connectivity index (χ0v) is 59.2. The molecule has 15 nitrogen and oxygen atoms in total. The number of carbonyl (C=O) groups is 1. The SMILES string of the molecule is Cn1cc(C(=O)C(F)(F)F)c2ccccc21.Cn1cc(C(O)(c2ccc3c(c2)nnn3-c2ccc(F)cc2)C(F)(F)F)c2ccccc21.Fc1ccc(-n2nnc3cc(Br)ccc32)cc1.Nc1cc(Br)ccc1Nc1ccc(F)cc1.O=N[O-].[CH2-]CCC.[I-].[Li+].[Na+].[Na+]. The predicted octanol–water partition coefficient (Wildman–Crippen LogP) is 4.90. The number of nitrogen functional groups attached to an aromatic ring is 1. The Kier molecular flexibility index (Phi) is 31.4. The first-order chi connectivity index (χ1) is 41.8. The van der Waals surface area contributed by atoms with Crippen LogP contribution in [0.2, 0.25) is 0 Å². The maximum Gasteiger partial charge on any atom is 1.00 e. The van der Waals surface area contributed by atoms with Crippen LogP contribution in [-0.4, -0.2) is 62.4 Å². The number of benzene rings is 8. The summed E-state index contributed by atoms with van der Waals surface area (Å²) in [4.78, 5) is 19.2. The minimum Gasteiger partial charge on any atom is -1.00 e. The normalized spacial score (nSPS) is 11.3. The maximum atomic E-state index is 14.4. The number of aromatic nitrogens is 8. The fourth-order valence-corrected chi connectivity index (χ4v) is 9.43. The number of aliphatic hydroxyl groups is 1. The van der Waals surface area contributed by atoms with Crippen molar-refractivity contribution in [2.24, 2.45) is 19.4 Å². The molecule has 0 aliphatic rings. The molecule has 4 N–H and O–H groups in total. The molecule has 4 aromatic heterocycles. The van der Waals surface area contributed by atoms with Crippen molar-refractivity contribution in [3.05, 3.63) is 248 Å². The monoisotopic (exact) mass is 1520 g/mol. The maximum absolute atomic E-state index is 14.4. The molecule has 0 aliphatic heterocycles. The molecular weight excluding hydrogens is 1470 g/mol. The van der Waals surface area contributed by atoms with Gasteiger partial charge in [-0.05, 0) is 139 Å². The number of fused-ring (bicyclic) bond motifs is 4. The van der Waals surface area contributed by atoms with E-state index in [1.54, 1.807) is 90.1 Å². The Hall–Kier alpha value is -6.07. The Morgan fingerprint density at radius 1 is 0.641 bits per heavy atom. The molecule has 12 aromatic rings. The number of alkyl halides is 6.